The summed E-state index contributed by atoms with van der Waals surface area (Å²) in [6, 6.07) is 20.0. The van der Waals surface area contributed by atoms with Gasteiger partial charge in [0.05, 0.1) is 11.1 Å². The minimum atomic E-state index is -0.482. The quantitative estimate of drug-likeness (QED) is 0.536. The second-order valence-corrected chi connectivity index (χ2v) is 8.12. The van der Waals surface area contributed by atoms with Gasteiger partial charge >= 0.3 is 0 Å². The predicted molar refractivity (Wildman–Crippen MR) is 122 cm³/mol. The molecule has 1 fully saturated rings. The lowest BCUT2D eigenvalue weighted by atomic mass is 10.1. The highest BCUT2D eigenvalue weighted by atomic mass is 19.1. The zero-order chi connectivity index (χ0) is 22.1. The lowest BCUT2D eigenvalue weighted by Gasteiger charge is -2.25. The molecule has 6 heteroatoms. The van der Waals surface area contributed by atoms with Crippen LogP contribution in [0.2, 0.25) is 0 Å². The Morgan fingerprint density at radius 2 is 1.75 bits per heavy atom. The normalized spacial score (nSPS) is 15.6. The van der Waals surface area contributed by atoms with Gasteiger partial charge in [0.15, 0.2) is 5.75 Å². The van der Waals surface area contributed by atoms with Crippen molar-refractivity contribution in [2.45, 2.75) is 13.3 Å². The molecule has 2 heterocycles. The molecule has 3 aromatic carbocycles. The van der Waals surface area contributed by atoms with Crippen molar-refractivity contribution in [1.82, 2.24) is 9.80 Å². The monoisotopic (exact) mass is 429 g/mol. The van der Waals surface area contributed by atoms with E-state index in [-0.39, 0.29) is 11.5 Å². The summed E-state index contributed by atoms with van der Waals surface area (Å²) in [5, 5.41) is 0. The van der Waals surface area contributed by atoms with E-state index in [0.717, 1.165) is 47.1 Å². The van der Waals surface area contributed by atoms with Gasteiger partial charge < -0.3 is 14.5 Å². The number of halogens is 1. The third-order valence-corrected chi connectivity index (χ3v) is 5.87. The number of fused-ring (bicyclic) bond motifs is 2. The number of hydrogen-bond acceptors (Lipinski definition) is 4. The van der Waals surface area contributed by atoms with E-state index in [4.69, 9.17) is 9.73 Å². The van der Waals surface area contributed by atoms with Crippen LogP contribution in [-0.4, -0.2) is 47.7 Å². The van der Waals surface area contributed by atoms with Crippen LogP contribution in [-0.2, 0) is 0 Å². The van der Waals surface area contributed by atoms with Crippen LogP contribution in [0.25, 0.3) is 0 Å². The molecule has 0 aliphatic carbocycles. The van der Waals surface area contributed by atoms with Crippen molar-refractivity contribution in [2.24, 2.45) is 4.99 Å². The van der Waals surface area contributed by atoms with Crippen LogP contribution < -0.4 is 4.74 Å². The molecule has 0 atom stereocenters. The van der Waals surface area contributed by atoms with Gasteiger partial charge in [-0.1, -0.05) is 35.9 Å². The van der Waals surface area contributed by atoms with Crippen LogP contribution >= 0.6 is 0 Å². The Balaban J connectivity index is 1.46. The highest BCUT2D eigenvalue weighted by Crippen LogP contribution is 2.38. The zero-order valence-electron chi connectivity index (χ0n) is 17.9. The number of benzene rings is 3. The van der Waals surface area contributed by atoms with Crippen molar-refractivity contribution in [3.63, 3.8) is 0 Å². The molecule has 0 N–H and O–H groups in total. The molecule has 32 heavy (non-hydrogen) atoms. The van der Waals surface area contributed by atoms with Gasteiger partial charge in [0, 0.05) is 26.2 Å². The number of para-hydroxylation sites is 2. The average Bonchev–Trinajstić information content (AvgIpc) is 3.14. The topological polar surface area (TPSA) is 45.1 Å². The molecule has 0 radical (unpaired) electrons. The first kappa shape index (κ1) is 20.2. The Labute approximate surface area is 186 Å². The summed E-state index contributed by atoms with van der Waals surface area (Å²) in [6.07, 6.45) is 0.767. The van der Waals surface area contributed by atoms with Crippen molar-refractivity contribution in [3.05, 3.63) is 89.2 Å². The molecular weight excluding hydrogens is 405 g/mol. The highest BCUT2D eigenvalue weighted by molar-refractivity contribution is 6.04. The molecule has 5 nitrogen and oxygen atoms in total. The molecule has 0 saturated carbocycles. The number of carbonyl (C=O) groups is 1. The summed E-state index contributed by atoms with van der Waals surface area (Å²) < 4.78 is 20.4. The van der Waals surface area contributed by atoms with E-state index in [0.29, 0.717) is 19.6 Å². The summed E-state index contributed by atoms with van der Waals surface area (Å²) in [5.74, 6) is 1.58. The van der Waals surface area contributed by atoms with E-state index in [2.05, 4.69) is 11.0 Å². The van der Waals surface area contributed by atoms with Crippen LogP contribution in [0.1, 0.15) is 27.9 Å². The number of hydrogen-bond donors (Lipinski definition) is 0. The van der Waals surface area contributed by atoms with E-state index in [1.54, 1.807) is 23.1 Å². The maximum atomic E-state index is 14.2. The minimum Gasteiger partial charge on any atom is -0.454 e. The van der Waals surface area contributed by atoms with Crippen LogP contribution in [0, 0.1) is 12.7 Å². The van der Waals surface area contributed by atoms with E-state index in [1.807, 2.05) is 43.3 Å². The highest BCUT2D eigenvalue weighted by Gasteiger charge is 2.27. The molecule has 0 bridgehead atoms. The second-order valence-electron chi connectivity index (χ2n) is 8.12. The second kappa shape index (κ2) is 8.46. The van der Waals surface area contributed by atoms with Gasteiger partial charge in [-0.2, -0.15) is 0 Å². The van der Waals surface area contributed by atoms with Crippen molar-refractivity contribution in [2.75, 3.05) is 26.2 Å². The summed E-state index contributed by atoms with van der Waals surface area (Å²) in [4.78, 5) is 21.9. The Bertz CT molecular complexity index is 1210. The smallest absolute Gasteiger partial charge is 0.256 e. The minimum absolute atomic E-state index is 0.121. The number of aryl methyl sites for hydroxylation is 1. The fourth-order valence-electron chi connectivity index (χ4n) is 4.21. The molecule has 0 unspecified atom stereocenters. The SMILES string of the molecule is Cc1ccc2c(c1)C(N1CCCN(C(=O)c3ccccc3F)CC1)=Nc1ccccc1O2. The van der Waals surface area contributed by atoms with Crippen molar-refractivity contribution in [3.8, 4) is 11.5 Å². The number of rotatable bonds is 1. The Hall–Kier alpha value is -3.67. The molecular formula is C26H24FN3O2. The molecule has 0 aromatic heterocycles. The van der Waals surface area contributed by atoms with Crippen molar-refractivity contribution in [1.29, 1.82) is 0 Å². The van der Waals surface area contributed by atoms with Crippen LogP contribution in [0.3, 0.4) is 0 Å². The number of ether oxygens (including phenoxy) is 1. The maximum absolute atomic E-state index is 14.2. The number of amidine groups is 1. The molecule has 2 aliphatic heterocycles. The van der Waals surface area contributed by atoms with E-state index in [1.165, 1.54) is 6.07 Å². The van der Waals surface area contributed by atoms with Crippen LogP contribution in [0.15, 0.2) is 71.7 Å². The van der Waals surface area contributed by atoms with Gasteiger partial charge in [0.25, 0.3) is 5.91 Å². The third-order valence-electron chi connectivity index (χ3n) is 5.87. The van der Waals surface area contributed by atoms with Crippen molar-refractivity contribution < 1.29 is 13.9 Å². The fraction of sp³-hybridized carbons (Fsp3) is 0.231. The van der Waals surface area contributed by atoms with Crippen LogP contribution in [0.4, 0.5) is 10.1 Å². The fourth-order valence-corrected chi connectivity index (χ4v) is 4.21. The number of carbonyl (C=O) groups excluding carboxylic acids is 1. The van der Waals surface area contributed by atoms with Crippen LogP contribution in [0.5, 0.6) is 11.5 Å². The van der Waals surface area contributed by atoms with Gasteiger partial charge in [-0.25, -0.2) is 9.38 Å². The molecule has 1 amide bonds. The number of nitrogens with zero attached hydrogens (tertiary/aromatic N) is 3. The van der Waals surface area contributed by atoms with E-state index >= 15 is 0 Å². The third kappa shape index (κ3) is 3.84. The summed E-state index contributed by atoms with van der Waals surface area (Å²) >= 11 is 0. The van der Waals surface area contributed by atoms with Gasteiger partial charge in [0.2, 0.25) is 0 Å². The molecule has 162 valence electrons. The first-order valence-corrected chi connectivity index (χ1v) is 10.9. The predicted octanol–water partition coefficient (Wildman–Crippen LogP) is 5.17. The van der Waals surface area contributed by atoms with Gasteiger partial charge in [-0.05, 0) is 49.7 Å². The Kier molecular flexibility index (Phi) is 5.35. The molecule has 3 aromatic rings. The Morgan fingerprint density at radius 3 is 2.62 bits per heavy atom. The van der Waals surface area contributed by atoms with Crippen molar-refractivity contribution >= 4 is 17.4 Å². The first-order chi connectivity index (χ1) is 15.6. The lowest BCUT2D eigenvalue weighted by Crippen LogP contribution is -2.38. The van der Waals surface area contributed by atoms with Gasteiger partial charge in [0.1, 0.15) is 23.1 Å². The van der Waals surface area contributed by atoms with Gasteiger partial charge in [-0.3, -0.25) is 4.79 Å². The first-order valence-electron chi connectivity index (χ1n) is 10.9. The summed E-state index contributed by atoms with van der Waals surface area (Å²) in [6.45, 7) is 4.47. The molecule has 1 saturated heterocycles. The molecule has 2 aliphatic rings. The number of aliphatic imine (C=N–C) groups is 1. The average molecular weight is 429 g/mol. The standard InChI is InChI=1S/C26H24FN3O2/c1-18-11-12-23-20(17-18)25(28-22-9-4-5-10-24(22)32-23)29-13-6-14-30(16-15-29)26(31)19-7-2-3-8-21(19)27/h2-5,7-12,17H,6,13-16H2,1H3. The van der Waals surface area contributed by atoms with E-state index < -0.39 is 5.82 Å². The molecule has 5 rings (SSSR count). The maximum Gasteiger partial charge on any atom is 0.256 e. The lowest BCUT2D eigenvalue weighted by molar-refractivity contribution is 0.0759. The Morgan fingerprint density at radius 1 is 0.938 bits per heavy atom. The zero-order valence-corrected chi connectivity index (χ0v) is 17.9. The summed E-state index contributed by atoms with van der Waals surface area (Å²) in [5.41, 5.74) is 2.96. The number of amides is 1. The van der Waals surface area contributed by atoms with Gasteiger partial charge in [-0.15, -0.1) is 0 Å². The largest absolute Gasteiger partial charge is 0.454 e. The summed E-state index contributed by atoms with van der Waals surface area (Å²) in [7, 11) is 0. The molecule has 0 spiro atoms. The van der Waals surface area contributed by atoms with E-state index in [9.17, 15) is 9.18 Å².